The minimum atomic E-state index is -0.363. The number of ether oxygens (including phenoxy) is 1. The Morgan fingerprint density at radius 3 is 2.32 bits per heavy atom. The number of carbonyl (C=O) groups is 1. The van der Waals surface area contributed by atoms with Crippen LogP contribution in [0, 0.1) is 0 Å². The number of phenolic OH excluding ortho intramolecular Hbond substituents is 1. The first kappa shape index (κ1) is 18.8. The van der Waals surface area contributed by atoms with E-state index in [0.717, 1.165) is 24.4 Å². The minimum absolute atomic E-state index is 0.0367. The third kappa shape index (κ3) is 4.51. The summed E-state index contributed by atoms with van der Waals surface area (Å²) in [5.74, 6) is 0.0732. The normalized spacial score (nSPS) is 10.9. The van der Waals surface area contributed by atoms with Crippen molar-refractivity contribution >= 4 is 5.78 Å². The van der Waals surface area contributed by atoms with Gasteiger partial charge in [0.05, 0.1) is 20.2 Å². The quantitative estimate of drug-likeness (QED) is 0.709. The second-order valence-corrected chi connectivity index (χ2v) is 6.02. The molecule has 0 amide bonds. The van der Waals surface area contributed by atoms with Gasteiger partial charge in [0.1, 0.15) is 18.0 Å². The lowest BCUT2D eigenvalue weighted by atomic mass is 9.99. The molecule has 2 rings (SSSR count). The number of rotatable bonds is 8. The van der Waals surface area contributed by atoms with Gasteiger partial charge in [0, 0.05) is 17.5 Å². The number of phenols is 1. The van der Waals surface area contributed by atoms with Gasteiger partial charge < -0.3 is 19.8 Å². The number of carbonyl (C=O) groups excluding carboxylic acids is 1. The SMILES string of the molecule is CC[NH+](CC)Cc1c(O)ccc(C(=O)Cc2ccc(OC)cc2)c1[O-]. The largest absolute Gasteiger partial charge is 0.872 e. The van der Waals surface area contributed by atoms with Crippen LogP contribution in [0.1, 0.15) is 35.3 Å². The molecule has 0 aliphatic carbocycles. The number of hydrogen-bond acceptors (Lipinski definition) is 4. The number of aromatic hydroxyl groups is 1. The van der Waals surface area contributed by atoms with E-state index in [9.17, 15) is 15.0 Å². The maximum absolute atomic E-state index is 12.7. The van der Waals surface area contributed by atoms with Gasteiger partial charge in [0.15, 0.2) is 5.78 Å². The van der Waals surface area contributed by atoms with Crippen LogP contribution in [0.25, 0.3) is 0 Å². The Morgan fingerprint density at radius 2 is 1.76 bits per heavy atom. The molecule has 0 fully saturated rings. The molecule has 2 aromatic rings. The van der Waals surface area contributed by atoms with Gasteiger partial charge in [0.25, 0.3) is 0 Å². The van der Waals surface area contributed by atoms with Crippen LogP contribution in [0.5, 0.6) is 17.2 Å². The van der Waals surface area contributed by atoms with E-state index in [1.54, 1.807) is 19.2 Å². The maximum atomic E-state index is 12.7. The molecule has 0 aliphatic heterocycles. The maximum Gasteiger partial charge on any atom is 0.166 e. The van der Waals surface area contributed by atoms with Crippen molar-refractivity contribution < 1.29 is 24.6 Å². The number of methoxy groups -OCH3 is 1. The highest BCUT2D eigenvalue weighted by Crippen LogP contribution is 2.29. The average molecular weight is 343 g/mol. The van der Waals surface area contributed by atoms with Crippen LogP contribution in [0.3, 0.4) is 0 Å². The Hall–Kier alpha value is -2.53. The minimum Gasteiger partial charge on any atom is -0.872 e. The summed E-state index contributed by atoms with van der Waals surface area (Å²) in [6, 6.07) is 10.1. The van der Waals surface area contributed by atoms with E-state index in [-0.39, 0.29) is 29.3 Å². The number of hydrogen-bond donors (Lipinski definition) is 2. The fraction of sp³-hybridized carbons (Fsp3) is 0.350. The van der Waals surface area contributed by atoms with Gasteiger partial charge in [-0.3, -0.25) is 4.79 Å². The van der Waals surface area contributed by atoms with E-state index in [1.807, 2.05) is 26.0 Å². The molecule has 0 aromatic heterocycles. The van der Waals surface area contributed by atoms with Crippen LogP contribution in [-0.2, 0) is 13.0 Å². The van der Waals surface area contributed by atoms with Crippen molar-refractivity contribution in [2.24, 2.45) is 0 Å². The van der Waals surface area contributed by atoms with Gasteiger partial charge in [-0.05, 0) is 43.7 Å². The van der Waals surface area contributed by atoms with Crippen molar-refractivity contribution in [2.45, 2.75) is 26.8 Å². The molecule has 0 spiro atoms. The van der Waals surface area contributed by atoms with Gasteiger partial charge in [-0.1, -0.05) is 17.9 Å². The molecule has 0 bridgehead atoms. The van der Waals surface area contributed by atoms with Crippen molar-refractivity contribution in [2.75, 3.05) is 20.2 Å². The van der Waals surface area contributed by atoms with Crippen molar-refractivity contribution in [3.05, 3.63) is 53.1 Å². The number of benzene rings is 2. The molecule has 5 nitrogen and oxygen atoms in total. The first-order chi connectivity index (χ1) is 12.0. The lowest BCUT2D eigenvalue weighted by Crippen LogP contribution is -3.10. The Morgan fingerprint density at radius 1 is 1.12 bits per heavy atom. The fourth-order valence-corrected chi connectivity index (χ4v) is 2.78. The van der Waals surface area contributed by atoms with Crippen molar-refractivity contribution in [3.8, 4) is 17.2 Å². The van der Waals surface area contributed by atoms with E-state index >= 15 is 0 Å². The number of Topliss-reactive ketones (excluding diaryl/α,β-unsaturated/α-hetero) is 1. The number of quaternary nitrogens is 1. The van der Waals surface area contributed by atoms with Crippen molar-refractivity contribution in [1.82, 2.24) is 0 Å². The third-order valence-electron chi connectivity index (χ3n) is 4.49. The summed E-state index contributed by atoms with van der Waals surface area (Å²) in [7, 11) is 1.58. The molecule has 2 N–H and O–H groups in total. The van der Waals surface area contributed by atoms with E-state index in [2.05, 4.69) is 0 Å². The predicted octanol–water partition coefficient (Wildman–Crippen LogP) is 1.32. The fourth-order valence-electron chi connectivity index (χ4n) is 2.78. The molecule has 0 unspecified atom stereocenters. The van der Waals surface area contributed by atoms with E-state index in [4.69, 9.17) is 4.74 Å². The van der Waals surface area contributed by atoms with Crippen LogP contribution >= 0.6 is 0 Å². The molecule has 0 saturated heterocycles. The van der Waals surface area contributed by atoms with Crippen LogP contribution in [0.4, 0.5) is 0 Å². The van der Waals surface area contributed by atoms with Gasteiger partial charge >= 0.3 is 0 Å². The second kappa shape index (κ2) is 8.53. The number of nitrogens with one attached hydrogen (secondary N) is 1. The van der Waals surface area contributed by atoms with E-state index < -0.39 is 0 Å². The molecule has 25 heavy (non-hydrogen) atoms. The highest BCUT2D eigenvalue weighted by molar-refractivity contribution is 6.00. The highest BCUT2D eigenvalue weighted by atomic mass is 16.5. The Labute approximate surface area is 148 Å². The number of ketones is 1. The Kier molecular flexibility index (Phi) is 6.42. The molecule has 134 valence electrons. The van der Waals surface area contributed by atoms with Gasteiger partial charge in [0.2, 0.25) is 0 Å². The molecule has 0 aliphatic rings. The Bertz CT molecular complexity index is 721. The van der Waals surface area contributed by atoms with E-state index in [1.165, 1.54) is 17.0 Å². The summed E-state index contributed by atoms with van der Waals surface area (Å²) in [5, 5.41) is 22.7. The standard InChI is InChI=1S/C20H25NO4/c1-4-21(5-2)13-17-18(22)11-10-16(20(17)24)19(23)12-14-6-8-15(25-3)9-7-14/h6-11,22,24H,4-5,12-13H2,1-3H3. The summed E-state index contributed by atoms with van der Waals surface area (Å²) in [5.41, 5.74) is 1.27. The summed E-state index contributed by atoms with van der Waals surface area (Å²) in [6.07, 6.45) is 0.140. The molecular formula is C20H25NO4. The smallest absolute Gasteiger partial charge is 0.166 e. The lowest BCUT2D eigenvalue weighted by molar-refractivity contribution is -0.910. The zero-order chi connectivity index (χ0) is 18.4. The molecule has 2 aromatic carbocycles. The van der Waals surface area contributed by atoms with Crippen molar-refractivity contribution in [1.29, 1.82) is 0 Å². The van der Waals surface area contributed by atoms with Gasteiger partial charge in [-0.25, -0.2) is 0 Å². The van der Waals surface area contributed by atoms with E-state index in [0.29, 0.717) is 12.1 Å². The summed E-state index contributed by atoms with van der Waals surface area (Å²) in [6.45, 7) is 6.16. The first-order valence-electron chi connectivity index (χ1n) is 8.51. The summed E-state index contributed by atoms with van der Waals surface area (Å²) in [4.78, 5) is 13.7. The average Bonchev–Trinajstić information content (AvgIpc) is 2.62. The molecule has 0 radical (unpaired) electrons. The molecule has 0 atom stereocenters. The summed E-state index contributed by atoms with van der Waals surface area (Å²) >= 11 is 0. The van der Waals surface area contributed by atoms with Crippen LogP contribution in [-0.4, -0.2) is 31.1 Å². The highest BCUT2D eigenvalue weighted by Gasteiger charge is 2.16. The predicted molar refractivity (Wildman–Crippen MR) is 94.3 cm³/mol. The topological polar surface area (TPSA) is 74.0 Å². The monoisotopic (exact) mass is 343 g/mol. The van der Waals surface area contributed by atoms with Gasteiger partial charge in [-0.2, -0.15) is 0 Å². The molecule has 5 heteroatoms. The summed E-state index contributed by atoms with van der Waals surface area (Å²) < 4.78 is 5.10. The van der Waals surface area contributed by atoms with Crippen LogP contribution in [0.2, 0.25) is 0 Å². The molecule has 0 saturated carbocycles. The third-order valence-corrected chi connectivity index (χ3v) is 4.49. The van der Waals surface area contributed by atoms with Gasteiger partial charge in [-0.15, -0.1) is 0 Å². The first-order valence-corrected chi connectivity index (χ1v) is 8.51. The second-order valence-electron chi connectivity index (χ2n) is 6.02. The lowest BCUT2D eigenvalue weighted by Gasteiger charge is -2.23. The Balaban J connectivity index is 2.24. The zero-order valence-electron chi connectivity index (χ0n) is 15.0. The molecule has 0 heterocycles. The van der Waals surface area contributed by atoms with Crippen molar-refractivity contribution in [3.63, 3.8) is 0 Å². The molecular weight excluding hydrogens is 318 g/mol. The zero-order valence-corrected chi connectivity index (χ0v) is 15.0. The van der Waals surface area contributed by atoms with Crippen LogP contribution < -0.4 is 14.7 Å². The van der Waals surface area contributed by atoms with Crippen LogP contribution in [0.15, 0.2) is 36.4 Å².